The van der Waals surface area contributed by atoms with Crippen LogP contribution in [0.3, 0.4) is 0 Å². The van der Waals surface area contributed by atoms with Gasteiger partial charge in [-0.25, -0.2) is 8.42 Å². The van der Waals surface area contributed by atoms with Gasteiger partial charge in [-0.05, 0) is 41.5 Å². The van der Waals surface area contributed by atoms with E-state index in [-0.39, 0.29) is 29.8 Å². The highest BCUT2D eigenvalue weighted by atomic mass is 32.2. The fourth-order valence-corrected chi connectivity index (χ4v) is 6.14. The zero-order valence-corrected chi connectivity index (χ0v) is 22.3. The summed E-state index contributed by atoms with van der Waals surface area (Å²) in [6, 6.07) is 15.5. The maximum Gasteiger partial charge on any atom is 0.243 e. The molecule has 0 heterocycles. The summed E-state index contributed by atoms with van der Waals surface area (Å²) in [6.45, 7) is 7.73. The molecule has 0 saturated carbocycles. The summed E-state index contributed by atoms with van der Waals surface area (Å²) < 4.78 is 28.5. The highest BCUT2D eigenvalue weighted by Crippen LogP contribution is 2.31. The van der Waals surface area contributed by atoms with Gasteiger partial charge in [0.25, 0.3) is 0 Å². The molecule has 1 amide bonds. The molecule has 8 nitrogen and oxygen atoms in total. The van der Waals surface area contributed by atoms with Gasteiger partial charge in [-0.15, -0.1) is 0 Å². The third-order valence-electron chi connectivity index (χ3n) is 6.54. The van der Waals surface area contributed by atoms with E-state index in [1.165, 1.54) is 22.7 Å². The Morgan fingerprint density at radius 2 is 1.67 bits per heavy atom. The predicted octanol–water partition coefficient (Wildman–Crippen LogP) is 3.51. The Balaban J connectivity index is 2.44. The maximum atomic E-state index is 13.6. The molecular weight excluding hydrogens is 478 g/mol. The Morgan fingerprint density at radius 1 is 1.06 bits per heavy atom. The number of aliphatic hydroxyl groups is 1. The zero-order valence-electron chi connectivity index (χ0n) is 21.5. The molecule has 2 aromatic rings. The Hall–Kier alpha value is -2.75. The van der Waals surface area contributed by atoms with Crippen LogP contribution in [0.1, 0.15) is 45.2 Å². The number of rotatable bonds is 14. The number of aliphatic hydroxyl groups excluding tert-OH is 1. The number of oxime groups is 1. The topological polar surface area (TPSA) is 133 Å². The normalized spacial score (nSPS) is 15.8. The number of sulfonamides is 1. The molecule has 0 aromatic heterocycles. The molecule has 0 aliphatic heterocycles. The second kappa shape index (κ2) is 13.5. The Kier molecular flexibility index (Phi) is 11.1. The van der Waals surface area contributed by atoms with Gasteiger partial charge in [0.2, 0.25) is 15.9 Å². The Morgan fingerprint density at radius 3 is 2.17 bits per heavy atom. The number of amides is 1. The van der Waals surface area contributed by atoms with E-state index in [2.05, 4.69) is 5.16 Å². The molecular formula is C27H39N3O5S. The van der Waals surface area contributed by atoms with Crippen molar-refractivity contribution in [2.24, 2.45) is 34.6 Å². The van der Waals surface area contributed by atoms with Crippen molar-refractivity contribution in [2.45, 2.75) is 51.5 Å². The van der Waals surface area contributed by atoms with Crippen LogP contribution in [0.15, 0.2) is 64.6 Å². The van der Waals surface area contributed by atoms with Gasteiger partial charge >= 0.3 is 0 Å². The van der Waals surface area contributed by atoms with Crippen LogP contribution in [-0.4, -0.2) is 54.4 Å². The third kappa shape index (κ3) is 7.88. The average molecular weight is 518 g/mol. The first-order valence-electron chi connectivity index (χ1n) is 12.3. The molecule has 0 aliphatic carbocycles. The number of primary amides is 1. The first-order chi connectivity index (χ1) is 17.0. The number of carbonyl (C=O) groups is 1. The van der Waals surface area contributed by atoms with Crippen LogP contribution >= 0.6 is 0 Å². The molecule has 4 N–H and O–H groups in total. The number of hydrogen-bond donors (Lipinski definition) is 3. The van der Waals surface area contributed by atoms with Crippen molar-refractivity contribution in [3.8, 4) is 0 Å². The molecule has 36 heavy (non-hydrogen) atoms. The standard InChI is InChI=1S/C27H39N3O5S/c1-5-20(4)26(27(28)32)24(15-21-9-7-6-8-10-21)25(31)18-30(17-19(2)3)36(34,35)23-13-11-22(12-14-23)16-29-33/h6-14,16,19-20,24-26,31,33H,5,15,17-18H2,1-4H3,(H2,28,32)/t20?,24-,25+,26?/m1/s1. The number of nitrogens with zero attached hydrogens (tertiary/aromatic N) is 2. The summed E-state index contributed by atoms with van der Waals surface area (Å²) in [5, 5.41) is 23.2. The molecule has 0 saturated heterocycles. The van der Waals surface area contributed by atoms with Crippen LogP contribution in [0.5, 0.6) is 0 Å². The summed E-state index contributed by atoms with van der Waals surface area (Å²) in [5.41, 5.74) is 7.31. The van der Waals surface area contributed by atoms with Crippen molar-refractivity contribution in [3.63, 3.8) is 0 Å². The minimum Gasteiger partial charge on any atom is -0.411 e. The van der Waals surface area contributed by atoms with Crippen molar-refractivity contribution in [2.75, 3.05) is 13.1 Å². The second-order valence-electron chi connectivity index (χ2n) is 9.76. The summed E-state index contributed by atoms with van der Waals surface area (Å²) in [6.07, 6.45) is 1.18. The van der Waals surface area contributed by atoms with Gasteiger partial charge in [0.1, 0.15) is 0 Å². The van der Waals surface area contributed by atoms with Crippen LogP contribution in [0.25, 0.3) is 0 Å². The molecule has 2 aromatic carbocycles. The lowest BCUT2D eigenvalue weighted by atomic mass is 9.75. The summed E-state index contributed by atoms with van der Waals surface area (Å²) in [4.78, 5) is 12.6. The first-order valence-corrected chi connectivity index (χ1v) is 13.7. The minimum atomic E-state index is -3.95. The van der Waals surface area contributed by atoms with Crippen molar-refractivity contribution >= 4 is 22.1 Å². The van der Waals surface area contributed by atoms with Gasteiger partial charge in [0, 0.05) is 24.9 Å². The highest BCUT2D eigenvalue weighted by molar-refractivity contribution is 7.89. The molecule has 198 valence electrons. The van der Waals surface area contributed by atoms with Crippen molar-refractivity contribution in [3.05, 3.63) is 65.7 Å². The average Bonchev–Trinajstić information content (AvgIpc) is 2.83. The minimum absolute atomic E-state index is 0.00171. The van der Waals surface area contributed by atoms with E-state index in [0.717, 1.165) is 5.56 Å². The van der Waals surface area contributed by atoms with Gasteiger partial charge in [0.15, 0.2) is 0 Å². The van der Waals surface area contributed by atoms with Crippen LogP contribution in [-0.2, 0) is 21.2 Å². The summed E-state index contributed by atoms with van der Waals surface area (Å²) >= 11 is 0. The monoisotopic (exact) mass is 517 g/mol. The van der Waals surface area contributed by atoms with E-state index < -0.39 is 33.9 Å². The van der Waals surface area contributed by atoms with Crippen molar-refractivity contribution in [1.29, 1.82) is 0 Å². The number of carbonyl (C=O) groups excluding carboxylic acids is 1. The molecule has 0 spiro atoms. The molecule has 2 rings (SSSR count). The zero-order chi connectivity index (χ0) is 26.9. The quantitative estimate of drug-likeness (QED) is 0.200. The highest BCUT2D eigenvalue weighted by Gasteiger charge is 2.38. The first kappa shape index (κ1) is 29.5. The second-order valence-corrected chi connectivity index (χ2v) is 11.7. The third-order valence-corrected chi connectivity index (χ3v) is 8.39. The Labute approximate surface area is 214 Å². The molecule has 0 fully saturated rings. The largest absolute Gasteiger partial charge is 0.411 e. The van der Waals surface area contributed by atoms with Gasteiger partial charge in [-0.2, -0.15) is 4.31 Å². The summed E-state index contributed by atoms with van der Waals surface area (Å²) in [5.74, 6) is -1.76. The van der Waals surface area contributed by atoms with E-state index >= 15 is 0 Å². The van der Waals surface area contributed by atoms with E-state index in [0.29, 0.717) is 18.4 Å². The van der Waals surface area contributed by atoms with Crippen LogP contribution in [0, 0.1) is 23.7 Å². The maximum absolute atomic E-state index is 13.6. The van der Waals surface area contributed by atoms with E-state index in [4.69, 9.17) is 10.9 Å². The number of benzene rings is 2. The van der Waals surface area contributed by atoms with E-state index in [1.54, 1.807) is 12.1 Å². The smallest absolute Gasteiger partial charge is 0.243 e. The lowest BCUT2D eigenvalue weighted by molar-refractivity contribution is -0.127. The SMILES string of the molecule is CCC(C)C(C(N)=O)[C@H](Cc1ccccc1)[C@@H](O)CN(CC(C)C)S(=O)(=O)c1ccc(C=NO)cc1. The number of nitrogens with two attached hydrogens (primary N) is 1. The molecule has 2 unspecified atom stereocenters. The fraction of sp³-hybridized carbons (Fsp3) is 0.481. The van der Waals surface area contributed by atoms with Gasteiger partial charge in [-0.1, -0.05) is 81.7 Å². The van der Waals surface area contributed by atoms with Gasteiger partial charge < -0.3 is 16.0 Å². The molecule has 0 aliphatic rings. The van der Waals surface area contributed by atoms with Crippen molar-refractivity contribution < 1.29 is 23.5 Å². The molecule has 0 bridgehead atoms. The van der Waals surface area contributed by atoms with E-state index in [1.807, 2.05) is 58.0 Å². The van der Waals surface area contributed by atoms with E-state index in [9.17, 15) is 18.3 Å². The van der Waals surface area contributed by atoms with Crippen LogP contribution < -0.4 is 5.73 Å². The van der Waals surface area contributed by atoms with Gasteiger partial charge in [-0.3, -0.25) is 4.79 Å². The fourth-order valence-electron chi connectivity index (χ4n) is 4.52. The molecule has 9 heteroatoms. The lowest BCUT2D eigenvalue weighted by Gasteiger charge is -2.35. The predicted molar refractivity (Wildman–Crippen MR) is 141 cm³/mol. The summed E-state index contributed by atoms with van der Waals surface area (Å²) in [7, 11) is -3.95. The molecule has 4 atom stereocenters. The van der Waals surface area contributed by atoms with Crippen LogP contribution in [0.2, 0.25) is 0 Å². The molecule has 0 radical (unpaired) electrons. The van der Waals surface area contributed by atoms with Crippen molar-refractivity contribution in [1.82, 2.24) is 4.31 Å². The Bertz CT molecular complexity index is 1090. The number of hydrogen-bond acceptors (Lipinski definition) is 6. The van der Waals surface area contributed by atoms with Crippen LogP contribution in [0.4, 0.5) is 0 Å². The van der Waals surface area contributed by atoms with Gasteiger partial charge in [0.05, 0.1) is 17.2 Å². The lowest BCUT2D eigenvalue weighted by Crippen LogP contribution is -2.47.